The molecule has 3 N–H and O–H groups in total. The number of benzene rings is 3. The second kappa shape index (κ2) is 16.0. The van der Waals surface area contributed by atoms with E-state index in [9.17, 15) is 19.2 Å². The predicted octanol–water partition coefficient (Wildman–Crippen LogP) is 6.07. The Morgan fingerprint density at radius 3 is 2.16 bits per heavy atom. The summed E-state index contributed by atoms with van der Waals surface area (Å²) in [6.07, 6.45) is 0.101. The van der Waals surface area contributed by atoms with Crippen LogP contribution in [0, 0.1) is 0 Å². The summed E-state index contributed by atoms with van der Waals surface area (Å²) in [5.74, 6) is -0.954. The summed E-state index contributed by atoms with van der Waals surface area (Å²) >= 11 is 0. The standard InChI is InChI=1S/C33H39N3O7/c1-33(2,3)43-32(40)36-28(17-11-12-20-34-31(39)42-22-23-13-7-5-8-14-23)29(37)35-25-18-19-26(30(38)41-4)27(21-25)24-15-9-6-10-16-24/h5-10,13-16,18-19,21,28H,11-12,17,20,22H2,1-4H3,(H,34,39)(H,35,37)(H,36,40)/t28-/m0/s1. The van der Waals surface area contributed by atoms with Gasteiger partial charge in [-0.2, -0.15) is 0 Å². The number of hydrogen-bond acceptors (Lipinski definition) is 7. The number of hydrogen-bond donors (Lipinski definition) is 3. The van der Waals surface area contributed by atoms with Crippen LogP contribution in [0.25, 0.3) is 11.1 Å². The Bertz CT molecular complexity index is 1370. The first-order valence-electron chi connectivity index (χ1n) is 14.1. The minimum atomic E-state index is -0.916. The highest BCUT2D eigenvalue weighted by atomic mass is 16.6. The van der Waals surface area contributed by atoms with Crippen LogP contribution < -0.4 is 16.0 Å². The number of methoxy groups -OCH3 is 1. The molecule has 3 amide bonds. The van der Waals surface area contributed by atoms with Gasteiger partial charge >= 0.3 is 18.2 Å². The molecular formula is C33H39N3O7. The van der Waals surface area contributed by atoms with Gasteiger partial charge in [0.2, 0.25) is 5.91 Å². The van der Waals surface area contributed by atoms with Gasteiger partial charge in [-0.05, 0) is 74.9 Å². The van der Waals surface area contributed by atoms with Gasteiger partial charge in [0.1, 0.15) is 18.2 Å². The zero-order valence-corrected chi connectivity index (χ0v) is 25.0. The molecule has 0 radical (unpaired) electrons. The summed E-state index contributed by atoms with van der Waals surface area (Å²) in [6, 6.07) is 22.6. The van der Waals surface area contributed by atoms with E-state index < -0.39 is 35.7 Å². The lowest BCUT2D eigenvalue weighted by atomic mass is 9.98. The van der Waals surface area contributed by atoms with E-state index in [1.54, 1.807) is 39.0 Å². The van der Waals surface area contributed by atoms with Crippen molar-refractivity contribution < 1.29 is 33.4 Å². The molecule has 1 atom stereocenters. The van der Waals surface area contributed by atoms with Gasteiger partial charge in [-0.15, -0.1) is 0 Å². The Morgan fingerprint density at radius 2 is 1.51 bits per heavy atom. The minimum absolute atomic E-state index is 0.168. The van der Waals surface area contributed by atoms with E-state index in [1.165, 1.54) is 7.11 Å². The number of carbonyl (C=O) groups excluding carboxylic acids is 4. The van der Waals surface area contributed by atoms with Gasteiger partial charge in [0.05, 0.1) is 12.7 Å². The summed E-state index contributed by atoms with van der Waals surface area (Å²) in [4.78, 5) is 50.3. The number of alkyl carbamates (subject to hydrolysis) is 2. The molecule has 0 saturated carbocycles. The highest BCUT2D eigenvalue weighted by Gasteiger charge is 2.25. The Hall–Kier alpha value is -4.86. The molecule has 3 rings (SSSR count). The fraction of sp³-hybridized carbons (Fsp3) is 0.333. The van der Waals surface area contributed by atoms with E-state index in [2.05, 4.69) is 16.0 Å². The molecule has 3 aromatic carbocycles. The maximum absolute atomic E-state index is 13.4. The lowest BCUT2D eigenvalue weighted by molar-refractivity contribution is -0.118. The number of ether oxygens (including phenoxy) is 3. The van der Waals surface area contributed by atoms with Gasteiger partial charge in [-0.1, -0.05) is 60.7 Å². The van der Waals surface area contributed by atoms with E-state index in [0.29, 0.717) is 36.2 Å². The third kappa shape index (κ3) is 11.1. The van der Waals surface area contributed by atoms with Crippen molar-refractivity contribution in [2.75, 3.05) is 19.0 Å². The number of nitrogens with one attached hydrogen (secondary N) is 3. The average molecular weight is 590 g/mol. The first kappa shape index (κ1) is 32.7. The molecule has 0 aromatic heterocycles. The molecule has 0 aliphatic heterocycles. The van der Waals surface area contributed by atoms with Gasteiger partial charge in [0.25, 0.3) is 0 Å². The largest absolute Gasteiger partial charge is 0.465 e. The second-order valence-corrected chi connectivity index (χ2v) is 10.8. The molecule has 228 valence electrons. The Labute approximate surface area is 252 Å². The summed E-state index contributed by atoms with van der Waals surface area (Å²) < 4.78 is 15.5. The summed E-state index contributed by atoms with van der Waals surface area (Å²) in [5, 5.41) is 8.20. The predicted molar refractivity (Wildman–Crippen MR) is 163 cm³/mol. The fourth-order valence-electron chi connectivity index (χ4n) is 4.15. The van der Waals surface area contributed by atoms with Crippen LogP contribution in [0.5, 0.6) is 0 Å². The molecule has 0 fully saturated rings. The maximum Gasteiger partial charge on any atom is 0.408 e. The number of amides is 3. The van der Waals surface area contributed by atoms with Crippen molar-refractivity contribution in [3.05, 3.63) is 90.0 Å². The lowest BCUT2D eigenvalue weighted by Gasteiger charge is -2.23. The number of esters is 1. The van der Waals surface area contributed by atoms with Gasteiger partial charge in [-0.25, -0.2) is 14.4 Å². The van der Waals surface area contributed by atoms with Crippen LogP contribution in [-0.2, 0) is 25.6 Å². The average Bonchev–Trinajstić information content (AvgIpc) is 2.98. The summed E-state index contributed by atoms with van der Waals surface area (Å²) in [6.45, 7) is 5.71. The lowest BCUT2D eigenvalue weighted by Crippen LogP contribution is -2.45. The number of rotatable bonds is 12. The van der Waals surface area contributed by atoms with Crippen LogP contribution >= 0.6 is 0 Å². The van der Waals surface area contributed by atoms with Crippen LogP contribution in [0.15, 0.2) is 78.9 Å². The molecule has 0 heterocycles. The quantitative estimate of drug-likeness (QED) is 0.133. The normalized spacial score (nSPS) is 11.5. The smallest absolute Gasteiger partial charge is 0.408 e. The first-order valence-corrected chi connectivity index (χ1v) is 14.1. The molecule has 0 unspecified atom stereocenters. The Balaban J connectivity index is 1.63. The highest BCUT2D eigenvalue weighted by molar-refractivity contribution is 6.01. The van der Waals surface area contributed by atoms with Gasteiger partial charge in [-0.3, -0.25) is 4.79 Å². The fourth-order valence-corrected chi connectivity index (χ4v) is 4.15. The number of carbonyl (C=O) groups is 4. The number of anilines is 1. The molecule has 10 nitrogen and oxygen atoms in total. The molecule has 0 spiro atoms. The van der Waals surface area contributed by atoms with E-state index in [-0.39, 0.29) is 13.0 Å². The van der Waals surface area contributed by atoms with E-state index in [0.717, 1.165) is 11.1 Å². The topological polar surface area (TPSA) is 132 Å². The van der Waals surface area contributed by atoms with E-state index in [4.69, 9.17) is 14.2 Å². The third-order valence-electron chi connectivity index (χ3n) is 6.19. The Morgan fingerprint density at radius 1 is 0.837 bits per heavy atom. The Kier molecular flexibility index (Phi) is 12.1. The SMILES string of the molecule is COC(=O)c1ccc(NC(=O)[C@H](CCCCNC(=O)OCc2ccccc2)NC(=O)OC(C)(C)C)cc1-c1ccccc1. The molecule has 3 aromatic rings. The molecule has 0 aliphatic rings. The molecular weight excluding hydrogens is 550 g/mol. The molecule has 0 aliphatic carbocycles. The number of unbranched alkanes of at least 4 members (excludes halogenated alkanes) is 1. The summed E-state index contributed by atoms with van der Waals surface area (Å²) in [5.41, 5.74) is 2.30. The first-order chi connectivity index (χ1) is 20.6. The third-order valence-corrected chi connectivity index (χ3v) is 6.19. The second-order valence-electron chi connectivity index (χ2n) is 10.8. The van der Waals surface area contributed by atoms with Crippen LogP contribution in [0.4, 0.5) is 15.3 Å². The monoisotopic (exact) mass is 589 g/mol. The van der Waals surface area contributed by atoms with Crippen LogP contribution in [0.3, 0.4) is 0 Å². The van der Waals surface area contributed by atoms with Gasteiger partial charge in [0.15, 0.2) is 0 Å². The molecule has 10 heteroatoms. The van der Waals surface area contributed by atoms with Crippen molar-refractivity contribution in [1.82, 2.24) is 10.6 Å². The molecule has 0 saturated heterocycles. The van der Waals surface area contributed by atoms with Crippen molar-refractivity contribution >= 4 is 29.8 Å². The van der Waals surface area contributed by atoms with Crippen LogP contribution in [0.2, 0.25) is 0 Å². The van der Waals surface area contributed by atoms with E-state index >= 15 is 0 Å². The van der Waals surface area contributed by atoms with Crippen molar-refractivity contribution in [1.29, 1.82) is 0 Å². The zero-order chi connectivity index (χ0) is 31.2. The van der Waals surface area contributed by atoms with Crippen molar-refractivity contribution in [3.63, 3.8) is 0 Å². The molecule has 43 heavy (non-hydrogen) atoms. The van der Waals surface area contributed by atoms with Gasteiger partial charge in [0, 0.05) is 12.2 Å². The maximum atomic E-state index is 13.4. The van der Waals surface area contributed by atoms with Crippen molar-refractivity contribution in [2.24, 2.45) is 0 Å². The van der Waals surface area contributed by atoms with Crippen LogP contribution in [0.1, 0.15) is 56.0 Å². The van der Waals surface area contributed by atoms with Gasteiger partial charge < -0.3 is 30.2 Å². The van der Waals surface area contributed by atoms with Crippen molar-refractivity contribution in [3.8, 4) is 11.1 Å². The summed E-state index contributed by atoms with van der Waals surface area (Å²) in [7, 11) is 1.31. The highest BCUT2D eigenvalue weighted by Crippen LogP contribution is 2.28. The zero-order valence-electron chi connectivity index (χ0n) is 25.0. The van der Waals surface area contributed by atoms with E-state index in [1.807, 2.05) is 60.7 Å². The van der Waals surface area contributed by atoms with Crippen molar-refractivity contribution in [2.45, 2.75) is 58.3 Å². The minimum Gasteiger partial charge on any atom is -0.465 e. The van der Waals surface area contributed by atoms with Crippen LogP contribution in [-0.4, -0.2) is 49.4 Å². The molecule has 0 bridgehead atoms.